The number of carbonyl (C=O) groups is 1. The average Bonchev–Trinajstić information content (AvgIpc) is 2.83. The molecule has 0 aromatic heterocycles. The summed E-state index contributed by atoms with van der Waals surface area (Å²) in [4.78, 5) is 14.5. The second-order valence-electron chi connectivity index (χ2n) is 7.01. The van der Waals surface area contributed by atoms with E-state index in [4.69, 9.17) is 4.74 Å². The number of ether oxygens (including phenoxy) is 1. The predicted octanol–water partition coefficient (Wildman–Crippen LogP) is 2.98. The Labute approximate surface area is 144 Å². The highest BCUT2D eigenvalue weighted by atomic mass is 16.5. The van der Waals surface area contributed by atoms with E-state index in [9.17, 15) is 9.90 Å². The first kappa shape index (κ1) is 17.1. The number of piperidine rings is 1. The van der Waals surface area contributed by atoms with E-state index in [0.29, 0.717) is 19.4 Å². The Morgan fingerprint density at radius 3 is 2.67 bits per heavy atom. The van der Waals surface area contributed by atoms with Crippen LogP contribution in [-0.2, 0) is 6.54 Å². The minimum Gasteiger partial charge on any atom is -0.494 e. The van der Waals surface area contributed by atoms with E-state index in [-0.39, 0.29) is 24.2 Å². The van der Waals surface area contributed by atoms with E-state index in [1.807, 2.05) is 30.0 Å². The number of hydrogen-bond donors (Lipinski definition) is 2. The van der Waals surface area contributed by atoms with Gasteiger partial charge in [0.05, 0.1) is 12.7 Å². The molecule has 2 heterocycles. The van der Waals surface area contributed by atoms with Crippen LogP contribution in [0.1, 0.15) is 50.2 Å². The van der Waals surface area contributed by atoms with Gasteiger partial charge < -0.3 is 20.1 Å². The molecule has 5 nitrogen and oxygen atoms in total. The first-order chi connectivity index (χ1) is 11.6. The van der Waals surface area contributed by atoms with Crippen LogP contribution in [0.5, 0.6) is 5.75 Å². The Bertz CT molecular complexity index is 576. The number of aliphatic hydroxyl groups is 1. The molecule has 0 saturated carbocycles. The lowest BCUT2D eigenvalue weighted by Gasteiger charge is -2.37. The Balaban J connectivity index is 1.57. The van der Waals surface area contributed by atoms with Crippen LogP contribution >= 0.6 is 0 Å². The molecule has 2 bridgehead atoms. The van der Waals surface area contributed by atoms with Crippen molar-refractivity contribution in [3.05, 3.63) is 29.3 Å². The Hall–Kier alpha value is -1.75. The number of fused-ring (bicyclic) bond motifs is 2. The topological polar surface area (TPSA) is 61.8 Å². The van der Waals surface area contributed by atoms with Crippen molar-refractivity contribution in [2.75, 3.05) is 6.61 Å². The molecule has 1 aromatic rings. The number of carbonyl (C=O) groups excluding carboxylic acids is 1. The third-order valence-corrected chi connectivity index (χ3v) is 5.16. The van der Waals surface area contributed by atoms with Crippen molar-refractivity contribution in [2.45, 2.75) is 70.7 Å². The van der Waals surface area contributed by atoms with Crippen LogP contribution in [0.25, 0.3) is 0 Å². The van der Waals surface area contributed by atoms with Gasteiger partial charge in [-0.05, 0) is 62.3 Å². The molecule has 0 spiro atoms. The van der Waals surface area contributed by atoms with E-state index in [1.54, 1.807) is 0 Å². The summed E-state index contributed by atoms with van der Waals surface area (Å²) in [6.45, 7) is 5.38. The molecule has 5 heteroatoms. The van der Waals surface area contributed by atoms with E-state index in [2.05, 4.69) is 12.2 Å². The molecule has 2 amide bonds. The van der Waals surface area contributed by atoms with Crippen molar-refractivity contribution < 1.29 is 14.6 Å². The fourth-order valence-corrected chi connectivity index (χ4v) is 3.92. The highest BCUT2D eigenvalue weighted by Gasteiger charge is 2.42. The number of amides is 2. The maximum Gasteiger partial charge on any atom is 0.318 e. The van der Waals surface area contributed by atoms with Gasteiger partial charge in [0.25, 0.3) is 0 Å². The monoisotopic (exact) mass is 332 g/mol. The molecule has 2 aliphatic rings. The van der Waals surface area contributed by atoms with Gasteiger partial charge in [0, 0.05) is 18.6 Å². The highest BCUT2D eigenvalue weighted by molar-refractivity contribution is 5.75. The number of urea groups is 1. The lowest BCUT2D eigenvalue weighted by molar-refractivity contribution is 0.0541. The second-order valence-corrected chi connectivity index (χ2v) is 7.01. The van der Waals surface area contributed by atoms with E-state index in [0.717, 1.165) is 42.7 Å². The Kier molecular flexibility index (Phi) is 5.29. The molecule has 3 rings (SSSR count). The fourth-order valence-electron chi connectivity index (χ4n) is 3.92. The number of benzene rings is 1. The van der Waals surface area contributed by atoms with Crippen LogP contribution in [0.4, 0.5) is 4.79 Å². The predicted molar refractivity (Wildman–Crippen MR) is 93.1 cm³/mol. The third-order valence-electron chi connectivity index (χ3n) is 5.16. The summed E-state index contributed by atoms with van der Waals surface area (Å²) in [6, 6.07) is 6.41. The molecule has 1 unspecified atom stereocenters. The van der Waals surface area contributed by atoms with Gasteiger partial charge in [-0.25, -0.2) is 4.79 Å². The molecule has 0 aliphatic carbocycles. The van der Waals surface area contributed by atoms with Crippen LogP contribution in [0.2, 0.25) is 0 Å². The van der Waals surface area contributed by atoms with Crippen molar-refractivity contribution in [1.29, 1.82) is 0 Å². The maximum atomic E-state index is 12.6. The van der Waals surface area contributed by atoms with Crippen molar-refractivity contribution in [3.63, 3.8) is 0 Å². The van der Waals surface area contributed by atoms with Crippen molar-refractivity contribution >= 4 is 6.03 Å². The second kappa shape index (κ2) is 7.43. The van der Waals surface area contributed by atoms with E-state index >= 15 is 0 Å². The summed E-state index contributed by atoms with van der Waals surface area (Å²) in [5.74, 6) is 0.882. The summed E-state index contributed by atoms with van der Waals surface area (Å²) >= 11 is 0. The number of nitrogens with zero attached hydrogens (tertiary/aromatic N) is 1. The molecule has 132 valence electrons. The van der Waals surface area contributed by atoms with Crippen molar-refractivity contribution in [1.82, 2.24) is 10.2 Å². The zero-order chi connectivity index (χ0) is 17.1. The number of nitrogens with one attached hydrogen (secondary N) is 1. The Morgan fingerprint density at radius 1 is 1.33 bits per heavy atom. The van der Waals surface area contributed by atoms with Crippen LogP contribution in [0.15, 0.2) is 18.2 Å². The number of hydrogen-bond acceptors (Lipinski definition) is 3. The Morgan fingerprint density at radius 2 is 2.04 bits per heavy atom. The summed E-state index contributed by atoms with van der Waals surface area (Å²) in [5, 5.41) is 12.9. The van der Waals surface area contributed by atoms with Gasteiger partial charge in [-0.1, -0.05) is 13.0 Å². The van der Waals surface area contributed by atoms with E-state index in [1.165, 1.54) is 0 Å². The smallest absolute Gasteiger partial charge is 0.318 e. The molecular formula is C19H28N2O3. The third kappa shape index (κ3) is 3.66. The van der Waals surface area contributed by atoms with Crippen molar-refractivity contribution in [2.24, 2.45) is 0 Å². The molecule has 2 saturated heterocycles. The van der Waals surface area contributed by atoms with Gasteiger partial charge in [0.1, 0.15) is 5.75 Å². The summed E-state index contributed by atoms with van der Waals surface area (Å²) in [5.41, 5.74) is 2.23. The van der Waals surface area contributed by atoms with Gasteiger partial charge in [0.15, 0.2) is 0 Å². The average molecular weight is 332 g/mol. The number of aliphatic hydroxyl groups excluding tert-OH is 1. The zero-order valence-electron chi connectivity index (χ0n) is 14.6. The summed E-state index contributed by atoms with van der Waals surface area (Å²) in [6.07, 6.45) is 4.20. The fraction of sp³-hybridized carbons (Fsp3) is 0.632. The quantitative estimate of drug-likeness (QED) is 0.871. The van der Waals surface area contributed by atoms with Gasteiger partial charge >= 0.3 is 6.03 Å². The first-order valence-corrected chi connectivity index (χ1v) is 9.05. The molecule has 1 aromatic carbocycles. The van der Waals surface area contributed by atoms with Crippen LogP contribution < -0.4 is 10.1 Å². The van der Waals surface area contributed by atoms with Gasteiger partial charge in [-0.15, -0.1) is 0 Å². The van der Waals surface area contributed by atoms with Gasteiger partial charge in [0.2, 0.25) is 0 Å². The highest BCUT2D eigenvalue weighted by Crippen LogP contribution is 2.35. The molecule has 24 heavy (non-hydrogen) atoms. The molecule has 0 radical (unpaired) electrons. The molecule has 2 aliphatic heterocycles. The molecule has 3 atom stereocenters. The lowest BCUT2D eigenvalue weighted by Crippen LogP contribution is -2.51. The zero-order valence-corrected chi connectivity index (χ0v) is 14.6. The standard InChI is InChI=1S/C19H28N2O3/c1-3-8-24-18-7-4-14(13(2)9-18)12-20-19(23)21-15-5-6-16(21)11-17(22)10-15/h4,7,9,15-17,22H,3,5-6,8,10-12H2,1-2H3,(H,20,23)/t15-,16+,17?. The number of rotatable bonds is 5. The normalized spacial score (nSPS) is 25.6. The minimum atomic E-state index is -0.246. The molecular weight excluding hydrogens is 304 g/mol. The van der Waals surface area contributed by atoms with Gasteiger partial charge in [-0.3, -0.25) is 0 Å². The molecule has 2 fully saturated rings. The van der Waals surface area contributed by atoms with Crippen LogP contribution in [0, 0.1) is 6.92 Å². The molecule has 2 N–H and O–H groups in total. The van der Waals surface area contributed by atoms with Crippen LogP contribution in [-0.4, -0.2) is 40.8 Å². The summed E-state index contributed by atoms with van der Waals surface area (Å²) < 4.78 is 5.64. The SMILES string of the molecule is CCCOc1ccc(CNC(=O)N2[C@@H]3CC[C@H]2CC(O)C3)c(C)c1. The van der Waals surface area contributed by atoms with Crippen LogP contribution in [0.3, 0.4) is 0 Å². The van der Waals surface area contributed by atoms with Crippen molar-refractivity contribution in [3.8, 4) is 5.75 Å². The number of aryl methyl sites for hydroxylation is 1. The first-order valence-electron chi connectivity index (χ1n) is 9.05. The lowest BCUT2D eigenvalue weighted by atomic mass is 10.0. The van der Waals surface area contributed by atoms with E-state index < -0.39 is 0 Å². The largest absolute Gasteiger partial charge is 0.494 e. The van der Waals surface area contributed by atoms with Gasteiger partial charge in [-0.2, -0.15) is 0 Å². The maximum absolute atomic E-state index is 12.6. The summed E-state index contributed by atoms with van der Waals surface area (Å²) in [7, 11) is 0. The minimum absolute atomic E-state index is 0.000101.